The lowest BCUT2D eigenvalue weighted by molar-refractivity contribution is 0.139. The van der Waals surface area contributed by atoms with Crippen LogP contribution in [0.25, 0.3) is 0 Å². The third-order valence-corrected chi connectivity index (χ3v) is 6.73. The van der Waals surface area contributed by atoms with Gasteiger partial charge in [-0.1, -0.05) is 42.1 Å². The first-order valence-electron chi connectivity index (χ1n) is 11.5. The van der Waals surface area contributed by atoms with Gasteiger partial charge in [-0.3, -0.25) is 5.32 Å². The number of aliphatic hydroxyl groups excluding tert-OH is 2. The third kappa shape index (κ3) is 7.16. The topological polar surface area (TPSA) is 111 Å². The number of benzene rings is 2. The molecule has 35 heavy (non-hydrogen) atoms. The summed E-state index contributed by atoms with van der Waals surface area (Å²) < 4.78 is 0. The van der Waals surface area contributed by atoms with Crippen LogP contribution >= 0.6 is 11.8 Å². The Morgan fingerprint density at radius 3 is 2.69 bits per heavy atom. The van der Waals surface area contributed by atoms with E-state index in [2.05, 4.69) is 63.1 Å². The quantitative estimate of drug-likeness (QED) is 0.212. The molecule has 2 aromatic carbocycles. The van der Waals surface area contributed by atoms with Crippen molar-refractivity contribution in [3.63, 3.8) is 0 Å². The normalized spacial score (nSPS) is 16.1. The molecular formula is C27H30N4O3S. The zero-order chi connectivity index (χ0) is 24.6. The fraction of sp³-hybridized carbons (Fsp3) is 0.259. The number of nitrogens with one attached hydrogen (secondary N) is 2. The smallest absolute Gasteiger partial charge is 0.188 e. The molecular weight excluding hydrogens is 460 g/mol. The summed E-state index contributed by atoms with van der Waals surface area (Å²) in [5, 5.41) is 36.9. The molecule has 3 aromatic rings. The summed E-state index contributed by atoms with van der Waals surface area (Å²) in [6, 6.07) is 14.9. The van der Waals surface area contributed by atoms with Crippen molar-refractivity contribution in [2.24, 2.45) is 0 Å². The average molecular weight is 491 g/mol. The fourth-order valence-electron chi connectivity index (χ4n) is 3.69. The van der Waals surface area contributed by atoms with Gasteiger partial charge in [-0.25, -0.2) is 9.97 Å². The maximum absolute atomic E-state index is 10.3. The number of aromatic nitrogens is 2. The molecule has 7 nitrogen and oxygen atoms in total. The van der Waals surface area contributed by atoms with Crippen molar-refractivity contribution in [2.45, 2.75) is 43.0 Å². The number of aliphatic hydroxyl groups is 2. The number of thioether (sulfide) groups is 1. The van der Waals surface area contributed by atoms with Gasteiger partial charge in [0.1, 0.15) is 12.0 Å². The largest absolute Gasteiger partial charge is 0.508 e. The van der Waals surface area contributed by atoms with Crippen LogP contribution in [-0.4, -0.2) is 37.1 Å². The van der Waals surface area contributed by atoms with Gasteiger partial charge in [-0.05, 0) is 67.3 Å². The van der Waals surface area contributed by atoms with Crippen molar-refractivity contribution in [2.75, 3.05) is 11.9 Å². The van der Waals surface area contributed by atoms with Crippen LogP contribution in [0.15, 0.2) is 83.8 Å². The highest BCUT2D eigenvalue weighted by molar-refractivity contribution is 7.99. The molecule has 5 N–H and O–H groups in total. The van der Waals surface area contributed by atoms with Crippen molar-refractivity contribution in [1.82, 2.24) is 15.3 Å². The van der Waals surface area contributed by atoms with E-state index in [0.717, 1.165) is 40.6 Å². The second kappa shape index (κ2) is 12.0. The molecule has 0 saturated heterocycles. The Morgan fingerprint density at radius 1 is 1.14 bits per heavy atom. The van der Waals surface area contributed by atoms with E-state index in [1.54, 1.807) is 30.1 Å². The second-order valence-corrected chi connectivity index (χ2v) is 9.57. The zero-order valence-corrected chi connectivity index (χ0v) is 20.4. The number of hydrogen-bond acceptors (Lipinski definition) is 8. The summed E-state index contributed by atoms with van der Waals surface area (Å²) in [5.74, 6) is 0.0205. The lowest BCUT2D eigenvalue weighted by Crippen LogP contribution is -2.23. The van der Waals surface area contributed by atoms with Gasteiger partial charge < -0.3 is 20.6 Å². The number of aromatic hydroxyl groups is 1. The highest BCUT2D eigenvalue weighted by Crippen LogP contribution is 2.27. The predicted octanol–water partition coefficient (Wildman–Crippen LogP) is 4.22. The van der Waals surface area contributed by atoms with Gasteiger partial charge in [0.2, 0.25) is 0 Å². The van der Waals surface area contributed by atoms with Crippen LogP contribution in [0.4, 0.5) is 5.69 Å². The van der Waals surface area contributed by atoms with E-state index in [4.69, 9.17) is 0 Å². The Balaban J connectivity index is 1.22. The number of nitrogens with zero attached hydrogens (tertiary/aromatic N) is 2. The summed E-state index contributed by atoms with van der Waals surface area (Å²) in [5.41, 5.74) is 5.22. The Morgan fingerprint density at radius 2 is 1.97 bits per heavy atom. The Kier molecular flexibility index (Phi) is 8.54. The number of allylic oxidation sites excluding steroid dienone is 2. The molecule has 1 heterocycles. The number of hydrogen-bond donors (Lipinski definition) is 5. The van der Waals surface area contributed by atoms with Gasteiger partial charge in [-0.2, -0.15) is 0 Å². The Labute approximate surface area is 209 Å². The van der Waals surface area contributed by atoms with Crippen molar-refractivity contribution in [1.29, 1.82) is 0 Å². The lowest BCUT2D eigenvalue weighted by atomic mass is 10.1. The van der Waals surface area contributed by atoms with E-state index in [-0.39, 0.29) is 12.4 Å². The van der Waals surface area contributed by atoms with Crippen LogP contribution in [0.3, 0.4) is 0 Å². The molecule has 0 fully saturated rings. The first-order valence-corrected chi connectivity index (χ1v) is 12.4. The summed E-state index contributed by atoms with van der Waals surface area (Å²) in [6.45, 7) is 2.28. The van der Waals surface area contributed by atoms with Crippen molar-refractivity contribution in [3.8, 4) is 5.75 Å². The minimum absolute atomic E-state index is 0.0205. The van der Waals surface area contributed by atoms with Crippen molar-refractivity contribution < 1.29 is 15.3 Å². The predicted molar refractivity (Wildman–Crippen MR) is 139 cm³/mol. The molecule has 8 heteroatoms. The molecule has 1 aromatic heterocycles. The lowest BCUT2D eigenvalue weighted by Gasteiger charge is -2.17. The van der Waals surface area contributed by atoms with Crippen LogP contribution in [0.5, 0.6) is 5.75 Å². The molecule has 0 spiro atoms. The number of rotatable bonds is 10. The molecule has 1 aliphatic rings. The van der Waals surface area contributed by atoms with Crippen LogP contribution in [-0.2, 0) is 13.0 Å². The minimum atomic E-state index is -0.869. The molecule has 0 saturated carbocycles. The summed E-state index contributed by atoms with van der Waals surface area (Å²) in [4.78, 5) is 8.79. The molecule has 0 radical (unpaired) electrons. The summed E-state index contributed by atoms with van der Waals surface area (Å²) in [7, 11) is 0. The summed E-state index contributed by atoms with van der Waals surface area (Å²) in [6.07, 6.45) is 9.07. The average Bonchev–Trinajstić information content (AvgIpc) is 2.86. The van der Waals surface area contributed by atoms with Gasteiger partial charge in [-0.15, -0.1) is 0 Å². The third-order valence-electron chi connectivity index (χ3n) is 5.67. The van der Waals surface area contributed by atoms with Crippen molar-refractivity contribution in [3.05, 3.63) is 101 Å². The second-order valence-electron chi connectivity index (χ2n) is 8.37. The Hall–Kier alpha value is -3.17. The highest BCUT2D eigenvalue weighted by Gasteiger charge is 2.13. The van der Waals surface area contributed by atoms with E-state index in [0.29, 0.717) is 22.9 Å². The minimum Gasteiger partial charge on any atom is -0.508 e. The Bertz CT molecular complexity index is 1200. The van der Waals surface area contributed by atoms with Gasteiger partial charge in [0.15, 0.2) is 5.16 Å². The molecule has 0 amide bonds. The maximum Gasteiger partial charge on any atom is 0.188 e. The number of anilines is 1. The summed E-state index contributed by atoms with van der Waals surface area (Å²) >= 11 is 1.67. The van der Waals surface area contributed by atoms with Crippen LogP contribution in [0.2, 0.25) is 0 Å². The highest BCUT2D eigenvalue weighted by atomic mass is 32.2. The first kappa shape index (κ1) is 24.9. The molecule has 182 valence electrons. The fourth-order valence-corrected chi connectivity index (χ4v) is 4.63. The SMILES string of the molecule is Cc1ccnc(SC2C=CC(Nc3ccc(CCNC(O)c4ccc(O)c(CO)c4)cc3)=CC2)n1. The molecule has 2 atom stereocenters. The van der Waals surface area contributed by atoms with E-state index < -0.39 is 6.23 Å². The standard InChI is InChI=1S/C27H30N4O3S/c1-18-12-14-29-27(30-18)35-24-9-7-23(8-10-24)31-22-5-2-19(3-6-22)13-15-28-26(34)20-4-11-25(33)21(16-20)17-32/h2-9,11-12,14,16,24,26,28,31-34H,10,13,15,17H2,1H3. The number of aryl methyl sites for hydroxylation is 1. The van der Waals surface area contributed by atoms with Crippen molar-refractivity contribution >= 4 is 17.4 Å². The van der Waals surface area contributed by atoms with Gasteiger partial charge >= 0.3 is 0 Å². The van der Waals surface area contributed by atoms with E-state index in [9.17, 15) is 15.3 Å². The molecule has 1 aliphatic carbocycles. The van der Waals surface area contributed by atoms with Gasteiger partial charge in [0, 0.05) is 40.6 Å². The van der Waals surface area contributed by atoms with E-state index in [1.165, 1.54) is 6.07 Å². The molecule has 0 bridgehead atoms. The van der Waals surface area contributed by atoms with Crippen LogP contribution < -0.4 is 10.6 Å². The maximum atomic E-state index is 10.3. The monoisotopic (exact) mass is 490 g/mol. The molecule has 0 aliphatic heterocycles. The van der Waals surface area contributed by atoms with E-state index >= 15 is 0 Å². The van der Waals surface area contributed by atoms with Gasteiger partial charge in [0.25, 0.3) is 0 Å². The first-order chi connectivity index (χ1) is 17.0. The molecule has 4 rings (SSSR count). The number of phenols is 1. The van der Waals surface area contributed by atoms with Crippen LogP contribution in [0, 0.1) is 6.92 Å². The zero-order valence-electron chi connectivity index (χ0n) is 19.6. The van der Waals surface area contributed by atoms with E-state index in [1.807, 2.05) is 13.0 Å². The van der Waals surface area contributed by atoms with Gasteiger partial charge in [0.05, 0.1) is 6.61 Å². The van der Waals surface area contributed by atoms with Crippen LogP contribution in [0.1, 0.15) is 35.0 Å². The molecule has 2 unspecified atom stereocenters.